The molecule has 0 saturated heterocycles. The van der Waals surface area contributed by atoms with E-state index in [4.69, 9.17) is 4.74 Å². The molecule has 1 aromatic heterocycles. The van der Waals surface area contributed by atoms with Gasteiger partial charge in [-0.25, -0.2) is 4.98 Å². The lowest BCUT2D eigenvalue weighted by Crippen LogP contribution is -2.37. The van der Waals surface area contributed by atoms with Gasteiger partial charge in [-0.05, 0) is 31.2 Å². The largest absolute Gasteiger partial charge is 0.493 e. The van der Waals surface area contributed by atoms with E-state index in [1.54, 1.807) is 30.7 Å². The number of carbonyl (C=O) groups excluding carboxylic acids is 1. The van der Waals surface area contributed by atoms with Crippen molar-refractivity contribution >= 4 is 17.4 Å². The minimum atomic E-state index is -0.116. The van der Waals surface area contributed by atoms with E-state index >= 15 is 0 Å². The zero-order valence-electron chi connectivity index (χ0n) is 14.9. The van der Waals surface area contributed by atoms with Crippen LogP contribution in [0.5, 0.6) is 5.75 Å². The van der Waals surface area contributed by atoms with Gasteiger partial charge in [0.15, 0.2) is 0 Å². The molecule has 0 aliphatic carbocycles. The zero-order valence-corrected chi connectivity index (χ0v) is 14.9. The predicted molar refractivity (Wildman–Crippen MR) is 103 cm³/mol. The maximum Gasteiger partial charge on any atom is 0.251 e. The molecule has 27 heavy (non-hydrogen) atoms. The van der Waals surface area contributed by atoms with Crippen molar-refractivity contribution in [1.29, 1.82) is 0 Å². The van der Waals surface area contributed by atoms with Gasteiger partial charge < -0.3 is 15.4 Å². The van der Waals surface area contributed by atoms with Crippen LogP contribution in [0.1, 0.15) is 28.8 Å². The molecule has 6 heteroatoms. The average molecular weight is 360 g/mol. The van der Waals surface area contributed by atoms with E-state index in [0.717, 1.165) is 17.0 Å². The van der Waals surface area contributed by atoms with E-state index in [0.29, 0.717) is 18.0 Å². The fraction of sp³-hybridized carbons (Fsp3) is 0.190. The molecule has 136 valence electrons. The lowest BCUT2D eigenvalue weighted by molar-refractivity contribution is 0.0932. The Hall–Kier alpha value is -3.41. The molecule has 1 aliphatic heterocycles. The van der Waals surface area contributed by atoms with Gasteiger partial charge in [-0.3, -0.25) is 9.78 Å². The molecule has 1 aliphatic rings. The Balaban J connectivity index is 1.45. The molecule has 0 fully saturated rings. The van der Waals surface area contributed by atoms with Crippen molar-refractivity contribution in [3.8, 4) is 5.75 Å². The Morgan fingerprint density at radius 1 is 1.19 bits per heavy atom. The molecule has 0 radical (unpaired) electrons. The minimum Gasteiger partial charge on any atom is -0.493 e. The highest BCUT2D eigenvalue weighted by atomic mass is 16.5. The molecule has 4 rings (SSSR count). The van der Waals surface area contributed by atoms with Crippen molar-refractivity contribution in [2.45, 2.75) is 18.9 Å². The molecule has 2 aromatic carbocycles. The molecular weight excluding hydrogens is 340 g/mol. The van der Waals surface area contributed by atoms with Gasteiger partial charge in [0.1, 0.15) is 11.6 Å². The molecule has 0 bridgehead atoms. The molecule has 1 amide bonds. The van der Waals surface area contributed by atoms with Crippen LogP contribution in [0, 0.1) is 0 Å². The third-order valence-corrected chi connectivity index (χ3v) is 4.66. The Labute approximate surface area is 157 Å². The summed E-state index contributed by atoms with van der Waals surface area (Å²) in [6.45, 7) is 2.59. The van der Waals surface area contributed by atoms with Crippen LogP contribution >= 0.6 is 0 Å². The first-order chi connectivity index (χ1) is 13.2. The quantitative estimate of drug-likeness (QED) is 0.728. The lowest BCUT2D eigenvalue weighted by atomic mass is 9.94. The number of hydrogen-bond acceptors (Lipinski definition) is 5. The highest BCUT2D eigenvalue weighted by Gasteiger charge is 2.29. The Morgan fingerprint density at radius 2 is 2.07 bits per heavy atom. The Bertz CT molecular complexity index is 946. The van der Waals surface area contributed by atoms with Gasteiger partial charge in [0.05, 0.1) is 12.8 Å². The van der Waals surface area contributed by atoms with Crippen molar-refractivity contribution in [2.75, 3.05) is 11.9 Å². The standard InChI is InChI=1S/C21H20N4O2/c1-14(18-13-27-19-8-3-2-7-17(18)19)24-21(26)15-5-4-6-16(11-15)25-20-12-22-9-10-23-20/h2-12,14,18H,13H2,1H3,(H,23,25)(H,24,26)/t14-,18-/m0/s1. The molecule has 6 nitrogen and oxygen atoms in total. The van der Waals surface area contributed by atoms with E-state index in [-0.39, 0.29) is 17.9 Å². The van der Waals surface area contributed by atoms with Gasteiger partial charge >= 0.3 is 0 Å². The van der Waals surface area contributed by atoms with E-state index in [1.807, 2.05) is 37.3 Å². The number of nitrogens with zero attached hydrogens (tertiary/aromatic N) is 2. The van der Waals surface area contributed by atoms with Gasteiger partial charge in [-0.2, -0.15) is 0 Å². The van der Waals surface area contributed by atoms with Gasteiger partial charge in [0, 0.05) is 41.2 Å². The van der Waals surface area contributed by atoms with E-state index in [1.165, 1.54) is 0 Å². The Morgan fingerprint density at radius 3 is 2.93 bits per heavy atom. The van der Waals surface area contributed by atoms with Crippen LogP contribution in [0.4, 0.5) is 11.5 Å². The number of ether oxygens (including phenoxy) is 1. The summed E-state index contributed by atoms with van der Waals surface area (Å²) in [6.07, 6.45) is 4.86. The summed E-state index contributed by atoms with van der Waals surface area (Å²) in [5.41, 5.74) is 2.51. The average Bonchev–Trinajstić information content (AvgIpc) is 3.13. The van der Waals surface area contributed by atoms with Crippen molar-refractivity contribution < 1.29 is 9.53 Å². The first kappa shape index (κ1) is 17.0. The maximum atomic E-state index is 12.7. The van der Waals surface area contributed by atoms with E-state index < -0.39 is 0 Å². The van der Waals surface area contributed by atoms with Crippen LogP contribution < -0.4 is 15.4 Å². The summed E-state index contributed by atoms with van der Waals surface area (Å²) in [6, 6.07) is 15.3. The first-order valence-electron chi connectivity index (χ1n) is 8.86. The number of benzene rings is 2. The lowest BCUT2D eigenvalue weighted by Gasteiger charge is -2.20. The summed E-state index contributed by atoms with van der Waals surface area (Å²) < 4.78 is 5.73. The number of para-hydroxylation sites is 1. The van der Waals surface area contributed by atoms with Gasteiger partial charge in [0.25, 0.3) is 5.91 Å². The second-order valence-corrected chi connectivity index (χ2v) is 6.51. The third-order valence-electron chi connectivity index (χ3n) is 4.66. The normalized spacial score (nSPS) is 16.1. The molecule has 2 N–H and O–H groups in total. The topological polar surface area (TPSA) is 76.1 Å². The number of carbonyl (C=O) groups is 1. The second-order valence-electron chi connectivity index (χ2n) is 6.51. The maximum absolute atomic E-state index is 12.7. The van der Waals surface area contributed by atoms with Crippen LogP contribution in [0.3, 0.4) is 0 Å². The van der Waals surface area contributed by atoms with Crippen LogP contribution in [-0.2, 0) is 0 Å². The molecule has 0 unspecified atom stereocenters. The summed E-state index contributed by atoms with van der Waals surface area (Å²) in [4.78, 5) is 20.9. The highest BCUT2D eigenvalue weighted by Crippen LogP contribution is 2.35. The number of fused-ring (bicyclic) bond motifs is 1. The van der Waals surface area contributed by atoms with Crippen molar-refractivity contribution in [2.24, 2.45) is 0 Å². The molecular formula is C21H20N4O2. The summed E-state index contributed by atoms with van der Waals surface area (Å²) in [5, 5.41) is 6.24. The number of hydrogen-bond donors (Lipinski definition) is 2. The summed E-state index contributed by atoms with van der Waals surface area (Å²) >= 11 is 0. The second kappa shape index (κ2) is 7.45. The van der Waals surface area contributed by atoms with Crippen LogP contribution in [-0.4, -0.2) is 28.5 Å². The van der Waals surface area contributed by atoms with Crippen molar-refractivity contribution in [3.05, 3.63) is 78.2 Å². The van der Waals surface area contributed by atoms with Crippen molar-refractivity contribution in [3.63, 3.8) is 0 Å². The summed E-state index contributed by atoms with van der Waals surface area (Å²) in [5.74, 6) is 1.56. The molecule has 3 aromatic rings. The fourth-order valence-corrected chi connectivity index (χ4v) is 3.24. The number of nitrogens with one attached hydrogen (secondary N) is 2. The van der Waals surface area contributed by atoms with Crippen LogP contribution in [0.25, 0.3) is 0 Å². The first-order valence-corrected chi connectivity index (χ1v) is 8.86. The van der Waals surface area contributed by atoms with Crippen molar-refractivity contribution in [1.82, 2.24) is 15.3 Å². The van der Waals surface area contributed by atoms with Gasteiger partial charge in [0.2, 0.25) is 0 Å². The van der Waals surface area contributed by atoms with E-state index in [9.17, 15) is 4.79 Å². The van der Waals surface area contributed by atoms with Gasteiger partial charge in [-0.15, -0.1) is 0 Å². The highest BCUT2D eigenvalue weighted by molar-refractivity contribution is 5.95. The molecule has 0 saturated carbocycles. The third kappa shape index (κ3) is 3.74. The SMILES string of the molecule is C[C@H](NC(=O)c1cccc(Nc2cnccn2)c1)[C@@H]1COc2ccccc21. The number of anilines is 2. The minimum absolute atomic E-state index is 0.0437. The monoisotopic (exact) mass is 360 g/mol. The number of rotatable bonds is 5. The van der Waals surface area contributed by atoms with Crippen LogP contribution in [0.2, 0.25) is 0 Å². The number of amides is 1. The zero-order chi connectivity index (χ0) is 18.6. The molecule has 2 atom stereocenters. The van der Waals surface area contributed by atoms with E-state index in [2.05, 4.69) is 26.7 Å². The number of aromatic nitrogens is 2. The molecule has 2 heterocycles. The smallest absolute Gasteiger partial charge is 0.251 e. The van der Waals surface area contributed by atoms with Crippen LogP contribution in [0.15, 0.2) is 67.1 Å². The van der Waals surface area contributed by atoms with Gasteiger partial charge in [-0.1, -0.05) is 24.3 Å². The fourth-order valence-electron chi connectivity index (χ4n) is 3.24. The summed E-state index contributed by atoms with van der Waals surface area (Å²) in [7, 11) is 0. The molecule has 0 spiro atoms. The predicted octanol–water partition coefficient (Wildman–Crippen LogP) is 3.51. The Kier molecular flexibility index (Phi) is 4.70.